The highest BCUT2D eigenvalue weighted by atomic mass is 14.7. The smallest absolute Gasteiger partial charge is 0.0950 e. The SMILES string of the molecule is [B]C1(N)CCCCCCCCC1. The minimum Gasteiger partial charge on any atom is -0.333 e. The second-order valence-electron chi connectivity index (χ2n) is 4.21. The Hall–Kier alpha value is 0.0249. The molecular weight excluding hydrogens is 145 g/mol. The predicted octanol–water partition coefficient (Wildman–Crippen LogP) is 2.33. The van der Waals surface area contributed by atoms with Crippen molar-refractivity contribution < 1.29 is 0 Å². The Labute approximate surface area is 77.5 Å². The molecule has 1 aliphatic rings. The van der Waals surface area contributed by atoms with E-state index in [-0.39, 0.29) is 5.44 Å². The summed E-state index contributed by atoms with van der Waals surface area (Å²) in [6, 6.07) is 0. The van der Waals surface area contributed by atoms with Crippen molar-refractivity contribution in [3.8, 4) is 0 Å². The highest BCUT2D eigenvalue weighted by molar-refractivity contribution is 6.15. The Morgan fingerprint density at radius 1 is 0.750 bits per heavy atom. The molecule has 0 spiro atoms. The monoisotopic (exact) mass is 165 g/mol. The van der Waals surface area contributed by atoms with Crippen LogP contribution in [0.15, 0.2) is 0 Å². The molecule has 68 valence electrons. The van der Waals surface area contributed by atoms with E-state index in [1.165, 1.54) is 44.9 Å². The number of hydrogen-bond donors (Lipinski definition) is 1. The lowest BCUT2D eigenvalue weighted by molar-refractivity contribution is 0.425. The van der Waals surface area contributed by atoms with Crippen molar-refractivity contribution >= 4 is 7.85 Å². The zero-order valence-corrected chi connectivity index (χ0v) is 8.02. The van der Waals surface area contributed by atoms with E-state index >= 15 is 0 Å². The van der Waals surface area contributed by atoms with Crippen molar-refractivity contribution in [2.45, 2.75) is 63.2 Å². The Morgan fingerprint density at radius 2 is 1.08 bits per heavy atom. The molecule has 2 N–H and O–H groups in total. The van der Waals surface area contributed by atoms with E-state index in [0.29, 0.717) is 0 Å². The van der Waals surface area contributed by atoms with Gasteiger partial charge in [-0.1, -0.05) is 44.9 Å². The maximum Gasteiger partial charge on any atom is 0.0950 e. The molecule has 0 heterocycles. The van der Waals surface area contributed by atoms with E-state index in [1.807, 2.05) is 0 Å². The van der Waals surface area contributed by atoms with E-state index < -0.39 is 0 Å². The third kappa shape index (κ3) is 4.15. The zero-order valence-electron chi connectivity index (χ0n) is 8.02. The number of nitrogens with two attached hydrogens (primary N) is 1. The zero-order chi connectivity index (χ0) is 8.86. The molecule has 1 nitrogen and oxygen atoms in total. The Balaban J connectivity index is 2.27. The van der Waals surface area contributed by atoms with E-state index in [2.05, 4.69) is 0 Å². The minimum atomic E-state index is -0.364. The van der Waals surface area contributed by atoms with Crippen molar-refractivity contribution in [3.05, 3.63) is 0 Å². The fourth-order valence-corrected chi connectivity index (χ4v) is 1.92. The molecule has 2 radical (unpaired) electrons. The van der Waals surface area contributed by atoms with Crippen molar-refractivity contribution in [1.82, 2.24) is 0 Å². The minimum absolute atomic E-state index is 0.364. The highest BCUT2D eigenvalue weighted by Crippen LogP contribution is 2.20. The molecule has 1 saturated carbocycles. The summed E-state index contributed by atoms with van der Waals surface area (Å²) in [5.41, 5.74) is 5.58. The first-order valence-electron chi connectivity index (χ1n) is 5.28. The van der Waals surface area contributed by atoms with E-state index in [1.54, 1.807) is 0 Å². The summed E-state index contributed by atoms with van der Waals surface area (Å²) >= 11 is 0. The van der Waals surface area contributed by atoms with Gasteiger partial charge in [0.25, 0.3) is 0 Å². The maximum atomic E-state index is 5.95. The van der Waals surface area contributed by atoms with Crippen LogP contribution in [0.5, 0.6) is 0 Å². The first-order chi connectivity index (χ1) is 5.71. The van der Waals surface area contributed by atoms with Gasteiger partial charge in [0.15, 0.2) is 0 Å². The van der Waals surface area contributed by atoms with Crippen LogP contribution in [0.4, 0.5) is 0 Å². The van der Waals surface area contributed by atoms with Crippen LogP contribution in [0.25, 0.3) is 0 Å². The molecule has 0 aliphatic heterocycles. The molecule has 0 atom stereocenters. The average molecular weight is 165 g/mol. The van der Waals surface area contributed by atoms with Gasteiger partial charge in [0.2, 0.25) is 0 Å². The first-order valence-corrected chi connectivity index (χ1v) is 5.28. The molecule has 1 fully saturated rings. The third-order valence-electron chi connectivity index (χ3n) is 2.78. The largest absolute Gasteiger partial charge is 0.333 e. The van der Waals surface area contributed by atoms with Crippen molar-refractivity contribution in [2.75, 3.05) is 0 Å². The fraction of sp³-hybridized carbons (Fsp3) is 1.00. The van der Waals surface area contributed by atoms with Crippen molar-refractivity contribution in [2.24, 2.45) is 5.73 Å². The number of hydrogen-bond acceptors (Lipinski definition) is 1. The average Bonchev–Trinajstić information content (AvgIpc) is 2.02. The Bertz CT molecular complexity index is 111. The third-order valence-corrected chi connectivity index (χ3v) is 2.78. The molecule has 0 unspecified atom stereocenters. The van der Waals surface area contributed by atoms with Gasteiger partial charge in [0.05, 0.1) is 7.85 Å². The van der Waals surface area contributed by atoms with Crippen LogP contribution in [-0.2, 0) is 0 Å². The number of rotatable bonds is 0. The summed E-state index contributed by atoms with van der Waals surface area (Å²) in [4.78, 5) is 0. The van der Waals surface area contributed by atoms with E-state index in [0.717, 1.165) is 12.8 Å². The van der Waals surface area contributed by atoms with Crippen molar-refractivity contribution in [1.29, 1.82) is 0 Å². The summed E-state index contributed by atoms with van der Waals surface area (Å²) in [5.74, 6) is 0. The van der Waals surface area contributed by atoms with E-state index in [9.17, 15) is 0 Å². The fourth-order valence-electron chi connectivity index (χ4n) is 1.92. The lowest BCUT2D eigenvalue weighted by Crippen LogP contribution is -2.40. The topological polar surface area (TPSA) is 26.0 Å². The predicted molar refractivity (Wildman–Crippen MR) is 54.2 cm³/mol. The highest BCUT2D eigenvalue weighted by Gasteiger charge is 2.16. The lowest BCUT2D eigenvalue weighted by Gasteiger charge is -2.26. The molecular formula is C10H20BN. The second kappa shape index (κ2) is 4.91. The van der Waals surface area contributed by atoms with Gasteiger partial charge < -0.3 is 5.73 Å². The Morgan fingerprint density at radius 3 is 1.50 bits per heavy atom. The summed E-state index contributed by atoms with van der Waals surface area (Å²) in [6.07, 6.45) is 11.2. The first kappa shape index (κ1) is 10.1. The van der Waals surface area contributed by atoms with Crippen molar-refractivity contribution in [3.63, 3.8) is 0 Å². The van der Waals surface area contributed by atoms with E-state index in [4.69, 9.17) is 13.6 Å². The molecule has 0 aromatic carbocycles. The van der Waals surface area contributed by atoms with Crippen LogP contribution in [-0.4, -0.2) is 13.3 Å². The molecule has 12 heavy (non-hydrogen) atoms. The standard InChI is InChI=1S/C10H20BN/c11-10(12)8-6-4-2-1-3-5-7-9-10/h1-9,12H2. The molecule has 1 rings (SSSR count). The molecule has 2 heteroatoms. The lowest BCUT2D eigenvalue weighted by atomic mass is 9.71. The molecule has 0 aromatic heterocycles. The van der Waals surface area contributed by atoms with Crippen LogP contribution in [0, 0.1) is 0 Å². The molecule has 0 aromatic rings. The maximum absolute atomic E-state index is 5.95. The summed E-state index contributed by atoms with van der Waals surface area (Å²) in [7, 11) is 5.95. The normalized spacial score (nSPS) is 26.4. The van der Waals surface area contributed by atoms with Crippen LogP contribution in [0.3, 0.4) is 0 Å². The summed E-state index contributed by atoms with van der Waals surface area (Å²) in [5, 5.41) is 0. The second-order valence-corrected chi connectivity index (χ2v) is 4.21. The summed E-state index contributed by atoms with van der Waals surface area (Å²) in [6.45, 7) is 0. The molecule has 1 aliphatic carbocycles. The van der Waals surface area contributed by atoms with Gasteiger partial charge in [-0.15, -0.1) is 0 Å². The van der Waals surface area contributed by atoms with Crippen LogP contribution < -0.4 is 5.73 Å². The van der Waals surface area contributed by atoms with Gasteiger partial charge in [-0.25, -0.2) is 0 Å². The van der Waals surface area contributed by atoms with Gasteiger partial charge in [-0.05, 0) is 18.3 Å². The molecule has 0 amide bonds. The van der Waals surface area contributed by atoms with Crippen LogP contribution in [0.1, 0.15) is 57.8 Å². The van der Waals surface area contributed by atoms with Crippen LogP contribution >= 0.6 is 0 Å². The molecule has 0 bridgehead atoms. The van der Waals surface area contributed by atoms with Crippen LogP contribution in [0.2, 0.25) is 0 Å². The van der Waals surface area contributed by atoms with Gasteiger partial charge >= 0.3 is 0 Å². The van der Waals surface area contributed by atoms with Gasteiger partial charge in [0.1, 0.15) is 0 Å². The van der Waals surface area contributed by atoms with Gasteiger partial charge in [-0.2, -0.15) is 0 Å². The van der Waals surface area contributed by atoms with Gasteiger partial charge in [0, 0.05) is 0 Å². The quantitative estimate of drug-likeness (QED) is 0.547. The summed E-state index contributed by atoms with van der Waals surface area (Å²) < 4.78 is 0. The Kier molecular flexibility index (Phi) is 4.13. The van der Waals surface area contributed by atoms with Gasteiger partial charge in [-0.3, -0.25) is 0 Å². The molecule has 0 saturated heterocycles.